The topological polar surface area (TPSA) is 61.3 Å². The number of nitrogens with two attached hydrogens (primary N) is 1. The van der Waals surface area contributed by atoms with Crippen molar-refractivity contribution < 1.29 is 13.7 Å². The van der Waals surface area contributed by atoms with Gasteiger partial charge in [-0.2, -0.15) is 0 Å². The minimum atomic E-state index is -0.371. The molecule has 0 saturated heterocycles. The van der Waals surface area contributed by atoms with Crippen LogP contribution in [0.5, 0.6) is 0 Å². The summed E-state index contributed by atoms with van der Waals surface area (Å²) in [6, 6.07) is 4.81. The molecule has 2 N–H and O–H groups in total. The lowest BCUT2D eigenvalue weighted by Gasteiger charge is -2.04. The number of nitrogens with zero attached hydrogens (tertiary/aromatic N) is 1. The second-order valence-corrected chi connectivity index (χ2v) is 3.35. The molecule has 0 atom stereocenters. The Labute approximate surface area is 91.8 Å². The molecule has 0 fully saturated rings. The van der Waals surface area contributed by atoms with Crippen molar-refractivity contribution in [3.05, 3.63) is 35.8 Å². The van der Waals surface area contributed by atoms with Gasteiger partial charge >= 0.3 is 0 Å². The van der Waals surface area contributed by atoms with E-state index >= 15 is 0 Å². The Balaban J connectivity index is 2.40. The number of nitrogen functional groups attached to an aromatic ring is 1. The van der Waals surface area contributed by atoms with Crippen LogP contribution in [0.2, 0.25) is 0 Å². The fraction of sp³-hybridized carbons (Fsp3) is 0.182. The maximum absolute atomic E-state index is 13.7. The van der Waals surface area contributed by atoms with Crippen LogP contribution in [-0.4, -0.2) is 12.3 Å². The smallest absolute Gasteiger partial charge is 0.230 e. The minimum absolute atomic E-state index is 0.110. The van der Waals surface area contributed by atoms with Crippen LogP contribution in [0.4, 0.5) is 10.3 Å². The molecule has 2 rings (SSSR count). The van der Waals surface area contributed by atoms with Gasteiger partial charge < -0.3 is 15.0 Å². The zero-order chi connectivity index (χ0) is 11.5. The largest absolute Gasteiger partial charge is 0.380 e. The second kappa shape index (κ2) is 4.32. The Morgan fingerprint density at radius 1 is 1.44 bits per heavy atom. The van der Waals surface area contributed by atoms with Crippen LogP contribution in [0.25, 0.3) is 11.1 Å². The van der Waals surface area contributed by atoms with Crippen molar-refractivity contribution in [2.24, 2.45) is 0 Å². The molecule has 4 nitrogen and oxygen atoms in total. The molecule has 0 amide bonds. The van der Waals surface area contributed by atoms with Gasteiger partial charge in [-0.25, -0.2) is 4.39 Å². The summed E-state index contributed by atoms with van der Waals surface area (Å²) in [4.78, 5) is 0. The summed E-state index contributed by atoms with van der Waals surface area (Å²) in [7, 11) is 1.56. The zero-order valence-electron chi connectivity index (χ0n) is 8.74. The normalized spacial score (nSPS) is 10.6. The van der Waals surface area contributed by atoms with Crippen molar-refractivity contribution in [3.8, 4) is 11.1 Å². The van der Waals surface area contributed by atoms with Gasteiger partial charge in [0.15, 0.2) is 0 Å². The average molecular weight is 222 g/mol. The lowest BCUT2D eigenvalue weighted by atomic mass is 10.1. The first-order chi connectivity index (χ1) is 7.72. The van der Waals surface area contributed by atoms with Gasteiger partial charge in [-0.05, 0) is 11.6 Å². The molecule has 0 spiro atoms. The minimum Gasteiger partial charge on any atom is -0.380 e. The summed E-state index contributed by atoms with van der Waals surface area (Å²) in [6.07, 6.45) is 1.39. The summed E-state index contributed by atoms with van der Waals surface area (Å²) in [5.74, 6) is -0.261. The van der Waals surface area contributed by atoms with Crippen molar-refractivity contribution in [2.75, 3.05) is 12.8 Å². The van der Waals surface area contributed by atoms with E-state index in [-0.39, 0.29) is 11.7 Å². The maximum atomic E-state index is 13.7. The fourth-order valence-corrected chi connectivity index (χ4v) is 1.48. The Kier molecular flexibility index (Phi) is 2.87. The van der Waals surface area contributed by atoms with Gasteiger partial charge in [-0.1, -0.05) is 17.3 Å². The molecule has 84 valence electrons. The van der Waals surface area contributed by atoms with Crippen LogP contribution in [0.1, 0.15) is 5.56 Å². The molecule has 0 aliphatic carbocycles. The number of anilines is 1. The van der Waals surface area contributed by atoms with Crippen molar-refractivity contribution in [2.45, 2.75) is 6.61 Å². The standard InChI is InChI=1S/C11H11FN2O2/c1-15-6-7-2-3-8(10(12)4-7)9-5-14-16-11(9)13/h2-5H,6,13H2,1H3. The predicted octanol–water partition coefficient (Wildman–Crippen LogP) is 2.21. The molecule has 0 saturated carbocycles. The summed E-state index contributed by atoms with van der Waals surface area (Å²) in [5.41, 5.74) is 7.11. The quantitative estimate of drug-likeness (QED) is 0.864. The molecule has 5 heteroatoms. The van der Waals surface area contributed by atoms with E-state index in [9.17, 15) is 4.39 Å². The SMILES string of the molecule is COCc1ccc(-c2cnoc2N)c(F)c1. The molecule has 1 aromatic carbocycles. The molecular weight excluding hydrogens is 211 g/mol. The number of ether oxygens (including phenoxy) is 1. The third-order valence-electron chi connectivity index (χ3n) is 2.23. The van der Waals surface area contributed by atoms with Gasteiger partial charge in [0.2, 0.25) is 5.88 Å². The highest BCUT2D eigenvalue weighted by Gasteiger charge is 2.12. The van der Waals surface area contributed by atoms with Crippen molar-refractivity contribution in [3.63, 3.8) is 0 Å². The fourth-order valence-electron chi connectivity index (χ4n) is 1.48. The van der Waals surface area contributed by atoms with E-state index in [0.29, 0.717) is 17.7 Å². The number of benzene rings is 1. The highest BCUT2D eigenvalue weighted by atomic mass is 19.1. The number of methoxy groups -OCH3 is 1. The van der Waals surface area contributed by atoms with E-state index in [2.05, 4.69) is 9.68 Å². The summed E-state index contributed by atoms with van der Waals surface area (Å²) in [6.45, 7) is 0.371. The van der Waals surface area contributed by atoms with Crippen LogP contribution in [0, 0.1) is 5.82 Å². The lowest BCUT2D eigenvalue weighted by molar-refractivity contribution is 0.184. The van der Waals surface area contributed by atoms with E-state index < -0.39 is 0 Å². The van der Waals surface area contributed by atoms with E-state index in [1.807, 2.05) is 0 Å². The van der Waals surface area contributed by atoms with Gasteiger partial charge in [0.05, 0.1) is 18.4 Å². The number of halogens is 1. The third-order valence-corrected chi connectivity index (χ3v) is 2.23. The van der Waals surface area contributed by atoms with Gasteiger partial charge in [0.25, 0.3) is 0 Å². The summed E-state index contributed by atoms with van der Waals surface area (Å²) in [5, 5.41) is 3.51. The molecule has 2 aromatic rings. The van der Waals surface area contributed by atoms with Gasteiger partial charge in [-0.3, -0.25) is 0 Å². The third kappa shape index (κ3) is 1.90. The Hall–Kier alpha value is -1.88. The maximum Gasteiger partial charge on any atom is 0.230 e. The molecule has 0 aliphatic rings. The molecule has 0 aliphatic heterocycles. The van der Waals surface area contributed by atoms with Crippen LogP contribution < -0.4 is 5.73 Å². The molecule has 0 radical (unpaired) electrons. The van der Waals surface area contributed by atoms with Gasteiger partial charge in [0, 0.05) is 12.7 Å². The highest BCUT2D eigenvalue weighted by molar-refractivity contribution is 5.72. The zero-order valence-corrected chi connectivity index (χ0v) is 8.74. The average Bonchev–Trinajstić information content (AvgIpc) is 2.65. The number of hydrogen-bond acceptors (Lipinski definition) is 4. The summed E-state index contributed by atoms with van der Waals surface area (Å²) >= 11 is 0. The number of hydrogen-bond donors (Lipinski definition) is 1. The number of aromatic nitrogens is 1. The van der Waals surface area contributed by atoms with Gasteiger partial charge in [-0.15, -0.1) is 0 Å². The summed E-state index contributed by atoms with van der Waals surface area (Å²) < 4.78 is 23.3. The first-order valence-electron chi connectivity index (χ1n) is 4.70. The molecule has 1 heterocycles. The Bertz CT molecular complexity index is 496. The monoisotopic (exact) mass is 222 g/mol. The van der Waals surface area contributed by atoms with Crippen molar-refractivity contribution in [1.82, 2.24) is 5.16 Å². The van der Waals surface area contributed by atoms with Gasteiger partial charge in [0.1, 0.15) is 5.82 Å². The van der Waals surface area contributed by atoms with Crippen molar-refractivity contribution >= 4 is 5.88 Å². The van der Waals surface area contributed by atoms with Crippen LogP contribution in [0.15, 0.2) is 28.9 Å². The molecule has 0 bridgehead atoms. The lowest BCUT2D eigenvalue weighted by Crippen LogP contribution is -1.92. The Morgan fingerprint density at radius 2 is 2.25 bits per heavy atom. The van der Waals surface area contributed by atoms with Crippen LogP contribution >= 0.6 is 0 Å². The first-order valence-corrected chi connectivity index (χ1v) is 4.70. The van der Waals surface area contributed by atoms with E-state index in [1.165, 1.54) is 12.3 Å². The molecule has 16 heavy (non-hydrogen) atoms. The van der Waals surface area contributed by atoms with Crippen LogP contribution in [-0.2, 0) is 11.3 Å². The second-order valence-electron chi connectivity index (χ2n) is 3.35. The van der Waals surface area contributed by atoms with Crippen LogP contribution in [0.3, 0.4) is 0 Å². The molecule has 1 aromatic heterocycles. The van der Waals surface area contributed by atoms with E-state index in [0.717, 1.165) is 5.56 Å². The van der Waals surface area contributed by atoms with E-state index in [1.54, 1.807) is 19.2 Å². The molecular formula is C11H11FN2O2. The van der Waals surface area contributed by atoms with Crippen molar-refractivity contribution in [1.29, 1.82) is 0 Å². The Morgan fingerprint density at radius 3 is 2.81 bits per heavy atom. The number of rotatable bonds is 3. The first kappa shape index (κ1) is 10.6. The van der Waals surface area contributed by atoms with E-state index in [4.69, 9.17) is 10.5 Å². The predicted molar refractivity (Wildman–Crippen MR) is 57.0 cm³/mol. The molecule has 0 unspecified atom stereocenters. The highest BCUT2D eigenvalue weighted by Crippen LogP contribution is 2.28.